The van der Waals surface area contributed by atoms with Crippen LogP contribution in [-0.2, 0) is 4.79 Å². The average molecular weight is 329 g/mol. The second kappa shape index (κ2) is 7.49. The van der Waals surface area contributed by atoms with Crippen LogP contribution >= 0.6 is 0 Å². The molecule has 1 aromatic heterocycles. The topological polar surface area (TPSA) is 67.6 Å². The molecule has 1 amide bonds. The number of methoxy groups -OCH3 is 1. The van der Waals surface area contributed by atoms with Crippen LogP contribution in [0.2, 0.25) is 0 Å². The maximum Gasteiger partial charge on any atom is 0.226 e. The Kier molecular flexibility index (Phi) is 5.15. The first-order chi connectivity index (χ1) is 11.7. The molecule has 0 bridgehead atoms. The number of amides is 1. The fourth-order valence-corrected chi connectivity index (χ4v) is 3.20. The Hall–Kier alpha value is -2.34. The minimum absolute atomic E-state index is 0.0420. The Morgan fingerprint density at radius 3 is 3.08 bits per heavy atom. The zero-order valence-electron chi connectivity index (χ0n) is 14.1. The summed E-state index contributed by atoms with van der Waals surface area (Å²) < 4.78 is 10.3. The summed E-state index contributed by atoms with van der Waals surface area (Å²) in [6, 6.07) is 10.3. The predicted molar refractivity (Wildman–Crippen MR) is 91.0 cm³/mol. The first-order valence-electron chi connectivity index (χ1n) is 8.27. The molecule has 1 aromatic carbocycles. The number of nitrogens with zero attached hydrogens (tertiary/aromatic N) is 2. The highest BCUT2D eigenvalue weighted by atomic mass is 16.5. The van der Waals surface area contributed by atoms with Gasteiger partial charge in [0.25, 0.3) is 0 Å². The predicted octanol–water partition coefficient (Wildman–Crippen LogP) is 3.16. The van der Waals surface area contributed by atoms with Crippen molar-refractivity contribution in [2.75, 3.05) is 25.5 Å². The number of hydrogen-bond donors (Lipinski definition) is 1. The number of anilines is 1. The Balaban J connectivity index is 1.56. The van der Waals surface area contributed by atoms with E-state index in [-0.39, 0.29) is 5.91 Å². The molecule has 0 aliphatic carbocycles. The first-order valence-corrected chi connectivity index (χ1v) is 8.27. The zero-order chi connectivity index (χ0) is 16.9. The van der Waals surface area contributed by atoms with E-state index in [0.717, 1.165) is 31.7 Å². The number of aromatic nitrogens is 1. The molecule has 1 atom stereocenters. The van der Waals surface area contributed by atoms with E-state index < -0.39 is 0 Å². The third-order valence-electron chi connectivity index (χ3n) is 4.36. The van der Waals surface area contributed by atoms with Gasteiger partial charge >= 0.3 is 0 Å². The molecular weight excluding hydrogens is 306 g/mol. The van der Waals surface area contributed by atoms with Gasteiger partial charge in [0.15, 0.2) is 5.82 Å². The summed E-state index contributed by atoms with van der Waals surface area (Å²) in [5.41, 5.74) is 1.25. The van der Waals surface area contributed by atoms with Crippen LogP contribution in [0.3, 0.4) is 0 Å². The summed E-state index contributed by atoms with van der Waals surface area (Å²) in [4.78, 5) is 14.4. The van der Waals surface area contributed by atoms with Gasteiger partial charge < -0.3 is 14.6 Å². The van der Waals surface area contributed by atoms with E-state index in [1.807, 2.05) is 12.1 Å². The number of aryl methyl sites for hydroxylation is 1. The van der Waals surface area contributed by atoms with Crippen molar-refractivity contribution in [3.05, 3.63) is 41.7 Å². The first kappa shape index (κ1) is 16.5. The number of hydrogen-bond acceptors (Lipinski definition) is 5. The van der Waals surface area contributed by atoms with Gasteiger partial charge in [0.05, 0.1) is 7.11 Å². The van der Waals surface area contributed by atoms with Gasteiger partial charge in [0, 0.05) is 25.1 Å². The van der Waals surface area contributed by atoms with Crippen LogP contribution in [0.25, 0.3) is 0 Å². The molecule has 1 unspecified atom stereocenters. The number of nitrogens with one attached hydrogen (secondary N) is 1. The van der Waals surface area contributed by atoms with E-state index in [9.17, 15) is 4.79 Å². The molecule has 2 aromatic rings. The standard InChI is InChI=1S/C18H23N3O3/c1-13-11-17(20-24-13)19-18(22)8-10-21-9-4-7-16(21)14-5-3-6-15(12-14)23-2/h3,5-6,11-12,16H,4,7-10H2,1-2H3,(H,19,20,22). The van der Waals surface area contributed by atoms with Crippen molar-refractivity contribution in [2.24, 2.45) is 0 Å². The highest BCUT2D eigenvalue weighted by Crippen LogP contribution is 2.33. The Bertz CT molecular complexity index is 698. The molecule has 1 fully saturated rings. The minimum Gasteiger partial charge on any atom is -0.497 e. The van der Waals surface area contributed by atoms with Gasteiger partial charge in [-0.1, -0.05) is 17.3 Å². The van der Waals surface area contributed by atoms with Gasteiger partial charge in [0.1, 0.15) is 11.5 Å². The molecule has 0 radical (unpaired) electrons. The van der Waals surface area contributed by atoms with Gasteiger partial charge in [-0.2, -0.15) is 0 Å². The number of carbonyl (C=O) groups excluding carboxylic acids is 1. The van der Waals surface area contributed by atoms with Crippen molar-refractivity contribution < 1.29 is 14.1 Å². The van der Waals surface area contributed by atoms with Crippen molar-refractivity contribution in [3.63, 3.8) is 0 Å². The minimum atomic E-state index is -0.0420. The summed E-state index contributed by atoms with van der Waals surface area (Å²) in [5.74, 6) is 1.99. The van der Waals surface area contributed by atoms with E-state index in [0.29, 0.717) is 24.0 Å². The van der Waals surface area contributed by atoms with Crippen LogP contribution < -0.4 is 10.1 Å². The molecule has 1 saturated heterocycles. The Morgan fingerprint density at radius 2 is 2.33 bits per heavy atom. The molecule has 2 heterocycles. The molecule has 0 spiro atoms. The van der Waals surface area contributed by atoms with Gasteiger partial charge in [0.2, 0.25) is 5.91 Å². The highest BCUT2D eigenvalue weighted by Gasteiger charge is 2.26. The van der Waals surface area contributed by atoms with E-state index in [1.54, 1.807) is 20.1 Å². The summed E-state index contributed by atoms with van der Waals surface area (Å²) >= 11 is 0. The van der Waals surface area contributed by atoms with Gasteiger partial charge in [-0.15, -0.1) is 0 Å². The second-order valence-electron chi connectivity index (χ2n) is 6.09. The van der Waals surface area contributed by atoms with E-state index in [4.69, 9.17) is 9.26 Å². The summed E-state index contributed by atoms with van der Waals surface area (Å²) in [5, 5.41) is 6.55. The normalized spacial score (nSPS) is 17.8. The third-order valence-corrected chi connectivity index (χ3v) is 4.36. The Labute approximate surface area is 141 Å². The van der Waals surface area contributed by atoms with Crippen LogP contribution in [0, 0.1) is 6.92 Å². The number of carbonyl (C=O) groups is 1. The van der Waals surface area contributed by atoms with E-state index in [1.165, 1.54) is 5.56 Å². The fraction of sp³-hybridized carbons (Fsp3) is 0.444. The van der Waals surface area contributed by atoms with Crippen LogP contribution in [0.15, 0.2) is 34.9 Å². The Morgan fingerprint density at radius 1 is 1.46 bits per heavy atom. The summed E-state index contributed by atoms with van der Waals surface area (Å²) in [6.07, 6.45) is 2.69. The monoisotopic (exact) mass is 329 g/mol. The number of benzene rings is 1. The SMILES string of the molecule is COc1cccc(C2CCCN2CCC(=O)Nc2cc(C)on2)c1. The van der Waals surface area contributed by atoms with Crippen LogP contribution in [-0.4, -0.2) is 36.2 Å². The lowest BCUT2D eigenvalue weighted by Crippen LogP contribution is -2.27. The molecular formula is C18H23N3O3. The third kappa shape index (κ3) is 3.94. The highest BCUT2D eigenvalue weighted by molar-refractivity contribution is 5.89. The quantitative estimate of drug-likeness (QED) is 0.882. The van der Waals surface area contributed by atoms with Gasteiger partial charge in [-0.3, -0.25) is 9.69 Å². The maximum atomic E-state index is 12.1. The molecule has 24 heavy (non-hydrogen) atoms. The molecule has 6 heteroatoms. The molecule has 128 valence electrons. The molecule has 6 nitrogen and oxygen atoms in total. The van der Waals surface area contributed by atoms with Crippen molar-refractivity contribution in [1.82, 2.24) is 10.1 Å². The van der Waals surface area contributed by atoms with Gasteiger partial charge in [-0.25, -0.2) is 0 Å². The molecule has 1 aliphatic rings. The zero-order valence-corrected chi connectivity index (χ0v) is 14.1. The van der Waals surface area contributed by atoms with Crippen molar-refractivity contribution in [1.29, 1.82) is 0 Å². The largest absolute Gasteiger partial charge is 0.497 e. The van der Waals surface area contributed by atoms with Crippen LogP contribution in [0.5, 0.6) is 5.75 Å². The summed E-state index contributed by atoms with van der Waals surface area (Å²) in [6.45, 7) is 3.54. The lowest BCUT2D eigenvalue weighted by atomic mass is 10.0. The molecule has 0 saturated carbocycles. The van der Waals surface area contributed by atoms with Crippen LogP contribution in [0.1, 0.15) is 36.6 Å². The van der Waals surface area contributed by atoms with E-state index in [2.05, 4.69) is 27.5 Å². The van der Waals surface area contributed by atoms with E-state index >= 15 is 0 Å². The van der Waals surface area contributed by atoms with Crippen molar-refractivity contribution in [3.8, 4) is 5.75 Å². The second-order valence-corrected chi connectivity index (χ2v) is 6.09. The molecule has 1 N–H and O–H groups in total. The number of likely N-dealkylation sites (tertiary alicyclic amines) is 1. The maximum absolute atomic E-state index is 12.1. The number of rotatable bonds is 6. The molecule has 1 aliphatic heterocycles. The fourth-order valence-electron chi connectivity index (χ4n) is 3.20. The van der Waals surface area contributed by atoms with Crippen molar-refractivity contribution in [2.45, 2.75) is 32.2 Å². The van der Waals surface area contributed by atoms with Crippen molar-refractivity contribution >= 4 is 11.7 Å². The lowest BCUT2D eigenvalue weighted by Gasteiger charge is -2.24. The summed E-state index contributed by atoms with van der Waals surface area (Å²) in [7, 11) is 1.68. The smallest absolute Gasteiger partial charge is 0.226 e. The average Bonchev–Trinajstić information content (AvgIpc) is 3.22. The van der Waals surface area contributed by atoms with Crippen LogP contribution in [0.4, 0.5) is 5.82 Å². The lowest BCUT2D eigenvalue weighted by molar-refractivity contribution is -0.116. The number of ether oxygens (including phenoxy) is 1. The van der Waals surface area contributed by atoms with Gasteiger partial charge in [-0.05, 0) is 44.0 Å². The molecule has 3 rings (SSSR count).